The molecule has 0 bridgehead atoms. The van der Waals surface area contributed by atoms with Crippen molar-refractivity contribution in [3.05, 3.63) is 83.4 Å². The number of hydrogen-bond acceptors (Lipinski definition) is 6. The highest BCUT2D eigenvalue weighted by molar-refractivity contribution is 5.97. The average Bonchev–Trinajstić information content (AvgIpc) is 3.19. The van der Waals surface area contributed by atoms with Crippen molar-refractivity contribution in [2.75, 3.05) is 13.7 Å². The Balaban J connectivity index is 1.87. The maximum absolute atomic E-state index is 12.8. The minimum atomic E-state index is -1.55. The van der Waals surface area contributed by atoms with Crippen molar-refractivity contribution in [3.63, 3.8) is 0 Å². The van der Waals surface area contributed by atoms with Crippen LogP contribution in [0, 0.1) is 0 Å². The Bertz CT molecular complexity index is 957. The van der Waals surface area contributed by atoms with Crippen LogP contribution in [-0.2, 0) is 30.4 Å². The number of ether oxygens (including phenoxy) is 3. The summed E-state index contributed by atoms with van der Waals surface area (Å²) in [6.45, 7) is 1.94. The van der Waals surface area contributed by atoms with Gasteiger partial charge in [-0.25, -0.2) is 14.4 Å². The Kier molecular flexibility index (Phi) is 7.07. The molecule has 1 aliphatic rings. The van der Waals surface area contributed by atoms with E-state index in [-0.39, 0.29) is 19.6 Å². The number of esters is 2. The molecule has 0 spiro atoms. The lowest BCUT2D eigenvalue weighted by Gasteiger charge is -2.26. The van der Waals surface area contributed by atoms with Crippen molar-refractivity contribution in [3.8, 4) is 0 Å². The van der Waals surface area contributed by atoms with E-state index >= 15 is 0 Å². The van der Waals surface area contributed by atoms with Gasteiger partial charge < -0.3 is 19.5 Å². The maximum Gasteiger partial charge on any atom is 0.408 e. The van der Waals surface area contributed by atoms with Crippen LogP contribution in [0.4, 0.5) is 4.79 Å². The molecule has 1 amide bonds. The summed E-state index contributed by atoms with van der Waals surface area (Å²) in [5.41, 5.74) is 0.375. The minimum Gasteiger partial charge on any atom is -0.467 e. The average molecular weight is 423 g/mol. The normalized spacial score (nSPS) is 19.8. The second kappa shape index (κ2) is 9.93. The molecule has 0 aromatic heterocycles. The van der Waals surface area contributed by atoms with Crippen molar-refractivity contribution in [1.29, 1.82) is 0 Å². The van der Waals surface area contributed by atoms with Crippen LogP contribution in [-0.4, -0.2) is 37.3 Å². The molecule has 7 nitrogen and oxygen atoms in total. The summed E-state index contributed by atoms with van der Waals surface area (Å²) in [5, 5.41) is 2.62. The van der Waals surface area contributed by atoms with Gasteiger partial charge in [-0.3, -0.25) is 0 Å². The summed E-state index contributed by atoms with van der Waals surface area (Å²) in [4.78, 5) is 38.0. The number of carbonyl (C=O) groups is 3. The Morgan fingerprint density at radius 1 is 1.00 bits per heavy atom. The van der Waals surface area contributed by atoms with Crippen LogP contribution < -0.4 is 5.32 Å². The van der Waals surface area contributed by atoms with Crippen molar-refractivity contribution in [1.82, 2.24) is 5.32 Å². The molecule has 0 radical (unpaired) electrons. The van der Waals surface area contributed by atoms with Gasteiger partial charge in [0.25, 0.3) is 0 Å². The van der Waals surface area contributed by atoms with Crippen LogP contribution in [0.5, 0.6) is 0 Å². The van der Waals surface area contributed by atoms with Crippen LogP contribution in [0.25, 0.3) is 0 Å². The van der Waals surface area contributed by atoms with E-state index in [1.807, 2.05) is 60.7 Å². The molecule has 2 aromatic carbocycles. The molecule has 0 heterocycles. The van der Waals surface area contributed by atoms with Gasteiger partial charge >= 0.3 is 18.0 Å². The smallest absolute Gasteiger partial charge is 0.408 e. The molecule has 0 saturated carbocycles. The number of amides is 1. The Morgan fingerprint density at radius 2 is 1.65 bits per heavy atom. The van der Waals surface area contributed by atoms with Gasteiger partial charge in [0.2, 0.25) is 0 Å². The molecule has 1 aliphatic carbocycles. The highest BCUT2D eigenvalue weighted by atomic mass is 16.6. The number of nitrogens with one attached hydrogen (secondary N) is 1. The Labute approximate surface area is 181 Å². The number of rotatable bonds is 7. The summed E-state index contributed by atoms with van der Waals surface area (Å²) in [6, 6.07) is 18.4. The van der Waals surface area contributed by atoms with Gasteiger partial charge in [0, 0.05) is 11.5 Å². The third kappa shape index (κ3) is 5.12. The fourth-order valence-electron chi connectivity index (χ4n) is 3.66. The second-order valence-electron chi connectivity index (χ2n) is 7.14. The molecule has 0 fully saturated rings. The van der Waals surface area contributed by atoms with Gasteiger partial charge in [-0.1, -0.05) is 60.7 Å². The van der Waals surface area contributed by atoms with E-state index in [1.54, 1.807) is 6.92 Å². The van der Waals surface area contributed by atoms with E-state index in [9.17, 15) is 14.4 Å². The zero-order valence-electron chi connectivity index (χ0n) is 17.5. The van der Waals surface area contributed by atoms with Gasteiger partial charge in [0.05, 0.1) is 13.7 Å². The number of methoxy groups -OCH3 is 1. The largest absolute Gasteiger partial charge is 0.467 e. The quantitative estimate of drug-likeness (QED) is 0.541. The molecular formula is C24H25NO6. The molecule has 7 heteroatoms. The lowest BCUT2D eigenvalue weighted by molar-refractivity contribution is -0.146. The lowest BCUT2D eigenvalue weighted by atomic mass is 9.88. The fourth-order valence-corrected chi connectivity index (χ4v) is 3.66. The number of benzene rings is 2. The van der Waals surface area contributed by atoms with E-state index in [0.717, 1.165) is 11.1 Å². The molecule has 0 unspecified atom stereocenters. The number of hydrogen-bond donors (Lipinski definition) is 1. The third-order valence-corrected chi connectivity index (χ3v) is 5.10. The van der Waals surface area contributed by atoms with E-state index < -0.39 is 29.5 Å². The molecule has 0 saturated heterocycles. The van der Waals surface area contributed by atoms with E-state index in [0.29, 0.717) is 5.57 Å². The minimum absolute atomic E-state index is 0.0422. The van der Waals surface area contributed by atoms with Crippen LogP contribution in [0.2, 0.25) is 0 Å². The fraction of sp³-hybridized carbons (Fsp3) is 0.292. The molecule has 3 rings (SSSR count). The molecule has 1 N–H and O–H groups in total. The van der Waals surface area contributed by atoms with Gasteiger partial charge in [-0.2, -0.15) is 0 Å². The van der Waals surface area contributed by atoms with Gasteiger partial charge in [-0.05, 0) is 30.5 Å². The maximum atomic E-state index is 12.8. The molecule has 31 heavy (non-hydrogen) atoms. The van der Waals surface area contributed by atoms with Crippen molar-refractivity contribution < 1.29 is 28.6 Å². The molecule has 162 valence electrons. The van der Waals surface area contributed by atoms with Gasteiger partial charge in [0.1, 0.15) is 6.61 Å². The summed E-state index contributed by atoms with van der Waals surface area (Å²) >= 11 is 0. The second-order valence-corrected chi connectivity index (χ2v) is 7.14. The first-order chi connectivity index (χ1) is 15.0. The standard InChI is InChI=1S/C24H25NO6/c1-3-30-21(26)20-15-24(22(27)29-2,14-19(20)18-12-8-5-9-13-18)25-23(28)31-16-17-10-6-4-7-11-17/h4-13,15,19H,3,14,16H2,1-2H3,(H,25,28)/t19-,24-/m1/s1. The summed E-state index contributed by atoms with van der Waals surface area (Å²) in [5.74, 6) is -1.68. The zero-order chi connectivity index (χ0) is 22.3. The molecule has 0 aliphatic heterocycles. The highest BCUT2D eigenvalue weighted by Gasteiger charge is 2.49. The topological polar surface area (TPSA) is 90.9 Å². The lowest BCUT2D eigenvalue weighted by Crippen LogP contribution is -2.53. The molecular weight excluding hydrogens is 398 g/mol. The van der Waals surface area contributed by atoms with Crippen molar-refractivity contribution in [2.45, 2.75) is 31.4 Å². The van der Waals surface area contributed by atoms with Crippen molar-refractivity contribution >= 4 is 18.0 Å². The highest BCUT2D eigenvalue weighted by Crippen LogP contribution is 2.42. The van der Waals surface area contributed by atoms with Crippen LogP contribution in [0.15, 0.2) is 72.3 Å². The SMILES string of the molecule is CCOC(=O)C1=C[C@@](NC(=O)OCc2ccccc2)(C(=O)OC)C[C@@H]1c1ccccc1. The van der Waals surface area contributed by atoms with Crippen LogP contribution in [0.1, 0.15) is 30.4 Å². The number of alkyl carbamates (subject to hydrolysis) is 1. The van der Waals surface area contributed by atoms with E-state index in [4.69, 9.17) is 14.2 Å². The molecule has 2 atom stereocenters. The monoisotopic (exact) mass is 423 g/mol. The van der Waals surface area contributed by atoms with Crippen LogP contribution in [0.3, 0.4) is 0 Å². The Hall–Kier alpha value is -3.61. The first kappa shape index (κ1) is 22.1. The van der Waals surface area contributed by atoms with Gasteiger partial charge in [0.15, 0.2) is 5.54 Å². The predicted octanol–water partition coefficient (Wildman–Crippen LogP) is 3.50. The third-order valence-electron chi connectivity index (χ3n) is 5.10. The van der Waals surface area contributed by atoms with E-state index in [2.05, 4.69) is 5.32 Å². The van der Waals surface area contributed by atoms with E-state index in [1.165, 1.54) is 13.2 Å². The van der Waals surface area contributed by atoms with Gasteiger partial charge in [-0.15, -0.1) is 0 Å². The summed E-state index contributed by atoms with van der Waals surface area (Å²) < 4.78 is 15.4. The Morgan fingerprint density at radius 3 is 2.26 bits per heavy atom. The molecule has 2 aromatic rings. The first-order valence-electron chi connectivity index (χ1n) is 10.0. The summed E-state index contributed by atoms with van der Waals surface area (Å²) in [6.07, 6.45) is 0.749. The predicted molar refractivity (Wildman–Crippen MR) is 113 cm³/mol. The first-order valence-corrected chi connectivity index (χ1v) is 10.0. The number of carbonyl (C=O) groups excluding carboxylic acids is 3. The zero-order valence-corrected chi connectivity index (χ0v) is 17.5. The van der Waals surface area contributed by atoms with Crippen LogP contribution >= 0.6 is 0 Å². The van der Waals surface area contributed by atoms with Crippen molar-refractivity contribution in [2.24, 2.45) is 0 Å². The summed E-state index contributed by atoms with van der Waals surface area (Å²) in [7, 11) is 1.23.